The highest BCUT2D eigenvalue weighted by Crippen LogP contribution is 2.16. The lowest BCUT2D eigenvalue weighted by molar-refractivity contribution is -0.384. The van der Waals surface area contributed by atoms with Gasteiger partial charge in [-0.1, -0.05) is 0 Å². The van der Waals surface area contributed by atoms with E-state index < -0.39 is 4.92 Å². The van der Waals surface area contributed by atoms with Crippen molar-refractivity contribution in [2.24, 2.45) is 0 Å². The number of nitro groups is 1. The van der Waals surface area contributed by atoms with Crippen LogP contribution in [0.1, 0.15) is 21.9 Å². The van der Waals surface area contributed by atoms with Crippen LogP contribution in [0.25, 0.3) is 0 Å². The first-order valence-electron chi connectivity index (χ1n) is 7.09. The monoisotopic (exact) mass is 318 g/mol. The van der Waals surface area contributed by atoms with E-state index in [1.807, 2.05) is 19.1 Å². The molecule has 0 aliphatic heterocycles. The zero-order chi connectivity index (χ0) is 16.8. The quantitative estimate of drug-likeness (QED) is 0.579. The highest BCUT2D eigenvalue weighted by molar-refractivity contribution is 5.94. The molecule has 1 amide bonds. The molecule has 1 aromatic heterocycles. The minimum absolute atomic E-state index is 0.0494. The summed E-state index contributed by atoms with van der Waals surface area (Å²) in [4.78, 5) is 24.4. The van der Waals surface area contributed by atoms with Gasteiger partial charge in [0, 0.05) is 31.4 Å². The number of methoxy groups -OCH3 is 1. The fraction of sp³-hybridized carbons (Fsp3) is 0.312. The maximum Gasteiger partial charge on any atom is 0.269 e. The maximum atomic E-state index is 12.6. The van der Waals surface area contributed by atoms with E-state index in [9.17, 15) is 14.9 Å². The number of nitro benzene ring substituents is 1. The molecule has 122 valence electrons. The molecule has 23 heavy (non-hydrogen) atoms. The molecule has 0 bridgehead atoms. The van der Waals surface area contributed by atoms with Crippen LogP contribution in [0.15, 0.2) is 40.8 Å². The van der Waals surface area contributed by atoms with Gasteiger partial charge in [-0.3, -0.25) is 14.9 Å². The molecule has 0 atom stereocenters. The average Bonchev–Trinajstić information content (AvgIpc) is 2.96. The van der Waals surface area contributed by atoms with Crippen molar-refractivity contribution < 1.29 is 18.9 Å². The van der Waals surface area contributed by atoms with Crippen LogP contribution in [0.5, 0.6) is 0 Å². The Morgan fingerprint density at radius 3 is 2.48 bits per heavy atom. The van der Waals surface area contributed by atoms with Gasteiger partial charge in [-0.25, -0.2) is 0 Å². The number of aryl methyl sites for hydroxylation is 1. The molecule has 0 fully saturated rings. The third-order valence-corrected chi connectivity index (χ3v) is 3.32. The zero-order valence-electron chi connectivity index (χ0n) is 13.0. The molecule has 1 aromatic carbocycles. The van der Waals surface area contributed by atoms with E-state index in [1.165, 1.54) is 24.3 Å². The minimum atomic E-state index is -0.497. The van der Waals surface area contributed by atoms with E-state index in [1.54, 1.807) is 12.0 Å². The fourth-order valence-electron chi connectivity index (χ4n) is 2.12. The number of benzene rings is 1. The average molecular weight is 318 g/mol. The number of hydrogen-bond acceptors (Lipinski definition) is 5. The lowest BCUT2D eigenvalue weighted by Gasteiger charge is -2.21. The third-order valence-electron chi connectivity index (χ3n) is 3.32. The highest BCUT2D eigenvalue weighted by atomic mass is 16.6. The predicted octanol–water partition coefficient (Wildman–Crippen LogP) is 2.79. The number of nitrogens with zero attached hydrogens (tertiary/aromatic N) is 2. The Labute approximate surface area is 133 Å². The van der Waals surface area contributed by atoms with Crippen LogP contribution < -0.4 is 0 Å². The van der Waals surface area contributed by atoms with Crippen molar-refractivity contribution in [1.82, 2.24) is 4.90 Å². The van der Waals surface area contributed by atoms with Crippen LogP contribution in [-0.2, 0) is 11.3 Å². The van der Waals surface area contributed by atoms with Gasteiger partial charge in [0.2, 0.25) is 0 Å². The molecular formula is C16H18N2O5. The van der Waals surface area contributed by atoms with Gasteiger partial charge in [0.1, 0.15) is 11.5 Å². The summed E-state index contributed by atoms with van der Waals surface area (Å²) in [5.41, 5.74) is 0.335. The molecule has 1 heterocycles. The summed E-state index contributed by atoms with van der Waals surface area (Å²) in [5.74, 6) is 1.22. The summed E-state index contributed by atoms with van der Waals surface area (Å²) >= 11 is 0. The van der Waals surface area contributed by atoms with Crippen LogP contribution >= 0.6 is 0 Å². The van der Waals surface area contributed by atoms with Gasteiger partial charge in [0.05, 0.1) is 18.1 Å². The molecule has 0 saturated heterocycles. The molecule has 2 rings (SSSR count). The lowest BCUT2D eigenvalue weighted by Crippen LogP contribution is -2.33. The Bertz CT molecular complexity index is 678. The molecule has 0 N–H and O–H groups in total. The summed E-state index contributed by atoms with van der Waals surface area (Å²) < 4.78 is 10.5. The molecule has 0 saturated carbocycles. The molecule has 0 aliphatic carbocycles. The fourth-order valence-corrected chi connectivity index (χ4v) is 2.12. The van der Waals surface area contributed by atoms with Crippen molar-refractivity contribution in [3.8, 4) is 0 Å². The second-order valence-electron chi connectivity index (χ2n) is 5.04. The van der Waals surface area contributed by atoms with Gasteiger partial charge in [0.25, 0.3) is 11.6 Å². The largest absolute Gasteiger partial charge is 0.464 e. The summed E-state index contributed by atoms with van der Waals surface area (Å²) in [5, 5.41) is 10.7. The first kappa shape index (κ1) is 16.7. The molecule has 0 aliphatic rings. The van der Waals surface area contributed by atoms with E-state index in [4.69, 9.17) is 9.15 Å². The Hall–Kier alpha value is -2.67. The normalized spacial score (nSPS) is 10.5. The number of carbonyl (C=O) groups is 1. The lowest BCUT2D eigenvalue weighted by atomic mass is 10.1. The SMILES string of the molecule is COCCN(Cc1ccc(C)o1)C(=O)c1ccc([N+](=O)[O-])cc1. The molecule has 0 unspecified atom stereocenters. The van der Waals surface area contributed by atoms with Gasteiger partial charge in [0.15, 0.2) is 0 Å². The second-order valence-corrected chi connectivity index (χ2v) is 5.04. The van der Waals surface area contributed by atoms with Crippen LogP contribution in [0, 0.1) is 17.0 Å². The van der Waals surface area contributed by atoms with Crippen LogP contribution in [0.3, 0.4) is 0 Å². The predicted molar refractivity (Wildman–Crippen MR) is 83.2 cm³/mol. The number of ether oxygens (including phenoxy) is 1. The smallest absolute Gasteiger partial charge is 0.269 e. The van der Waals surface area contributed by atoms with Crippen molar-refractivity contribution in [2.45, 2.75) is 13.5 Å². The Balaban J connectivity index is 2.16. The Kier molecular flexibility index (Phi) is 5.48. The van der Waals surface area contributed by atoms with E-state index in [2.05, 4.69) is 0 Å². The number of rotatable bonds is 7. The van der Waals surface area contributed by atoms with Crippen LogP contribution in [-0.4, -0.2) is 36.0 Å². The van der Waals surface area contributed by atoms with E-state index in [0.717, 1.165) is 5.76 Å². The number of non-ortho nitro benzene ring substituents is 1. The van der Waals surface area contributed by atoms with Crippen molar-refractivity contribution in [1.29, 1.82) is 0 Å². The summed E-state index contributed by atoms with van der Waals surface area (Å²) in [6.07, 6.45) is 0. The van der Waals surface area contributed by atoms with Gasteiger partial charge >= 0.3 is 0 Å². The van der Waals surface area contributed by atoms with Crippen molar-refractivity contribution in [3.05, 3.63) is 63.6 Å². The van der Waals surface area contributed by atoms with E-state index >= 15 is 0 Å². The van der Waals surface area contributed by atoms with Crippen LogP contribution in [0.4, 0.5) is 5.69 Å². The molecule has 0 radical (unpaired) electrons. The molecule has 7 nitrogen and oxygen atoms in total. The van der Waals surface area contributed by atoms with E-state index in [0.29, 0.717) is 31.0 Å². The van der Waals surface area contributed by atoms with Crippen molar-refractivity contribution >= 4 is 11.6 Å². The second kappa shape index (κ2) is 7.55. The van der Waals surface area contributed by atoms with E-state index in [-0.39, 0.29) is 11.6 Å². The van der Waals surface area contributed by atoms with Crippen molar-refractivity contribution in [2.75, 3.05) is 20.3 Å². The molecular weight excluding hydrogens is 300 g/mol. The first-order valence-corrected chi connectivity index (χ1v) is 7.09. The molecule has 7 heteroatoms. The summed E-state index contributed by atoms with van der Waals surface area (Å²) in [6.45, 7) is 2.93. The summed E-state index contributed by atoms with van der Waals surface area (Å²) in [6, 6.07) is 9.19. The maximum absolute atomic E-state index is 12.6. The highest BCUT2D eigenvalue weighted by Gasteiger charge is 2.18. The van der Waals surface area contributed by atoms with Crippen molar-refractivity contribution in [3.63, 3.8) is 0 Å². The standard InChI is InChI=1S/C16H18N2O5/c1-12-3-8-15(23-12)11-17(9-10-22-2)16(19)13-4-6-14(7-5-13)18(20)21/h3-8H,9-11H2,1-2H3. The number of amides is 1. The van der Waals surface area contributed by atoms with Gasteiger partial charge in [-0.2, -0.15) is 0 Å². The Morgan fingerprint density at radius 1 is 1.26 bits per heavy atom. The van der Waals surface area contributed by atoms with Crippen LogP contribution in [0.2, 0.25) is 0 Å². The zero-order valence-corrected chi connectivity index (χ0v) is 13.0. The summed E-state index contributed by atoms with van der Waals surface area (Å²) in [7, 11) is 1.56. The third kappa shape index (κ3) is 4.40. The Morgan fingerprint density at radius 2 is 1.96 bits per heavy atom. The van der Waals surface area contributed by atoms with Gasteiger partial charge in [-0.15, -0.1) is 0 Å². The number of hydrogen-bond donors (Lipinski definition) is 0. The number of furan rings is 1. The topological polar surface area (TPSA) is 85.8 Å². The molecule has 0 spiro atoms. The minimum Gasteiger partial charge on any atom is -0.464 e. The van der Waals surface area contributed by atoms with Gasteiger partial charge < -0.3 is 14.1 Å². The first-order chi connectivity index (χ1) is 11.0. The molecule has 2 aromatic rings. The van der Waals surface area contributed by atoms with Gasteiger partial charge in [-0.05, 0) is 31.2 Å². The number of carbonyl (C=O) groups excluding carboxylic acids is 1.